The zero-order valence-corrected chi connectivity index (χ0v) is 21.6. The molecule has 35 heavy (non-hydrogen) atoms. The van der Waals surface area contributed by atoms with Crippen molar-refractivity contribution in [3.63, 3.8) is 0 Å². The van der Waals surface area contributed by atoms with Gasteiger partial charge in [0.25, 0.3) is 11.8 Å². The highest BCUT2D eigenvalue weighted by Crippen LogP contribution is 2.24. The number of nitrogens with one attached hydrogen (secondary N) is 3. The lowest BCUT2D eigenvalue weighted by atomic mass is 10.1. The summed E-state index contributed by atoms with van der Waals surface area (Å²) >= 11 is 8.69. The molecule has 3 rings (SSSR count). The molecule has 0 saturated carbocycles. The number of hydrogen-bond donors (Lipinski definition) is 3. The molecule has 0 saturated heterocycles. The quantitative estimate of drug-likeness (QED) is 0.279. The zero-order valence-electron chi connectivity index (χ0n) is 19.2. The maximum Gasteiger partial charge on any atom is 0.261 e. The summed E-state index contributed by atoms with van der Waals surface area (Å²) in [4.78, 5) is 25.4. The number of ether oxygens (including phenoxy) is 1. The van der Waals surface area contributed by atoms with Gasteiger partial charge < -0.3 is 15.4 Å². The number of carbonyl (C=O) groups is 2. The van der Waals surface area contributed by atoms with E-state index in [0.29, 0.717) is 40.8 Å². The first-order chi connectivity index (χ1) is 16.7. The molecular formula is C26H25BrFN3O3S. The van der Waals surface area contributed by atoms with Crippen LogP contribution in [0.5, 0.6) is 5.75 Å². The second-order valence-electron chi connectivity index (χ2n) is 8.12. The van der Waals surface area contributed by atoms with E-state index in [-0.39, 0.29) is 16.8 Å². The third kappa shape index (κ3) is 8.15. The number of halogens is 2. The summed E-state index contributed by atoms with van der Waals surface area (Å²) in [7, 11) is 0. The number of amides is 2. The van der Waals surface area contributed by atoms with Crippen molar-refractivity contribution in [3.8, 4) is 5.75 Å². The van der Waals surface area contributed by atoms with E-state index in [2.05, 4.69) is 45.7 Å². The molecule has 182 valence electrons. The topological polar surface area (TPSA) is 79.5 Å². The monoisotopic (exact) mass is 557 g/mol. The van der Waals surface area contributed by atoms with E-state index in [1.54, 1.807) is 42.5 Å². The summed E-state index contributed by atoms with van der Waals surface area (Å²) in [5, 5.41) is 8.34. The molecule has 2 amide bonds. The van der Waals surface area contributed by atoms with E-state index in [1.165, 1.54) is 24.3 Å². The Morgan fingerprint density at radius 2 is 1.71 bits per heavy atom. The van der Waals surface area contributed by atoms with Gasteiger partial charge in [0, 0.05) is 21.4 Å². The van der Waals surface area contributed by atoms with Gasteiger partial charge in [-0.1, -0.05) is 35.8 Å². The van der Waals surface area contributed by atoms with Crippen LogP contribution in [-0.4, -0.2) is 23.5 Å². The van der Waals surface area contributed by atoms with Crippen molar-refractivity contribution in [2.24, 2.45) is 5.92 Å². The third-order valence-electron chi connectivity index (χ3n) is 4.85. The highest BCUT2D eigenvalue weighted by atomic mass is 79.9. The van der Waals surface area contributed by atoms with E-state index in [9.17, 15) is 14.0 Å². The molecule has 0 aliphatic heterocycles. The fourth-order valence-corrected chi connectivity index (χ4v) is 3.59. The fourth-order valence-electron chi connectivity index (χ4n) is 3.02. The maximum atomic E-state index is 13.1. The number of carbonyl (C=O) groups excluding carboxylic acids is 2. The van der Waals surface area contributed by atoms with Crippen molar-refractivity contribution >= 4 is 56.4 Å². The lowest BCUT2D eigenvalue weighted by molar-refractivity contribution is 0.0972. The molecule has 0 bridgehead atoms. The van der Waals surface area contributed by atoms with E-state index >= 15 is 0 Å². The van der Waals surface area contributed by atoms with Crippen molar-refractivity contribution < 1.29 is 18.7 Å². The molecule has 0 atom stereocenters. The highest BCUT2D eigenvalue weighted by molar-refractivity contribution is 9.10. The van der Waals surface area contributed by atoms with Gasteiger partial charge in [-0.2, -0.15) is 0 Å². The number of benzene rings is 3. The maximum absolute atomic E-state index is 13.1. The number of anilines is 2. The molecular weight excluding hydrogens is 533 g/mol. The van der Waals surface area contributed by atoms with Gasteiger partial charge in [0.15, 0.2) is 5.11 Å². The first-order valence-corrected chi connectivity index (χ1v) is 12.1. The van der Waals surface area contributed by atoms with Crippen LogP contribution in [0.4, 0.5) is 15.8 Å². The molecule has 0 heterocycles. The summed E-state index contributed by atoms with van der Waals surface area (Å²) in [5.41, 5.74) is 1.70. The van der Waals surface area contributed by atoms with Gasteiger partial charge in [0.2, 0.25) is 0 Å². The Bertz CT molecular complexity index is 1220. The van der Waals surface area contributed by atoms with Crippen molar-refractivity contribution in [2.75, 3.05) is 17.2 Å². The summed E-state index contributed by atoms with van der Waals surface area (Å²) < 4.78 is 19.6. The summed E-state index contributed by atoms with van der Waals surface area (Å²) in [5.74, 6) is -0.232. The van der Waals surface area contributed by atoms with E-state index < -0.39 is 5.91 Å². The number of rotatable bonds is 8. The van der Waals surface area contributed by atoms with Crippen LogP contribution in [0.15, 0.2) is 71.2 Å². The largest absolute Gasteiger partial charge is 0.493 e. The smallest absolute Gasteiger partial charge is 0.261 e. The van der Waals surface area contributed by atoms with Crippen LogP contribution in [0.3, 0.4) is 0 Å². The van der Waals surface area contributed by atoms with Crippen LogP contribution < -0.4 is 20.7 Å². The van der Waals surface area contributed by atoms with Crippen LogP contribution >= 0.6 is 28.1 Å². The van der Waals surface area contributed by atoms with E-state index in [0.717, 1.165) is 10.9 Å². The molecule has 6 nitrogen and oxygen atoms in total. The van der Waals surface area contributed by atoms with Crippen molar-refractivity contribution in [1.82, 2.24) is 5.32 Å². The lowest BCUT2D eigenvalue weighted by Crippen LogP contribution is -2.34. The normalized spacial score (nSPS) is 10.5. The van der Waals surface area contributed by atoms with E-state index in [1.807, 2.05) is 0 Å². The molecule has 0 spiro atoms. The molecule has 0 aliphatic carbocycles. The Kier molecular flexibility index (Phi) is 9.33. The molecule has 3 N–H and O–H groups in total. The Hall–Kier alpha value is -3.30. The predicted octanol–water partition coefficient (Wildman–Crippen LogP) is 6.39. The zero-order chi connectivity index (χ0) is 25.4. The van der Waals surface area contributed by atoms with Crippen molar-refractivity contribution in [3.05, 3.63) is 88.1 Å². The SMILES string of the molecule is CC(C)CCOc1ccc(Br)cc1C(=O)NC(=S)Nc1cccc(C(=O)Nc2ccc(F)cc2)c1. The summed E-state index contributed by atoms with van der Waals surface area (Å²) in [6, 6.07) is 17.3. The summed E-state index contributed by atoms with van der Waals surface area (Å²) in [6.07, 6.45) is 0.863. The fraction of sp³-hybridized carbons (Fsp3) is 0.192. The molecule has 0 aromatic heterocycles. The average Bonchev–Trinajstić information content (AvgIpc) is 2.81. The Morgan fingerprint density at radius 1 is 0.971 bits per heavy atom. The first-order valence-electron chi connectivity index (χ1n) is 10.9. The van der Waals surface area contributed by atoms with Crippen molar-refractivity contribution in [1.29, 1.82) is 0 Å². The van der Waals surface area contributed by atoms with Crippen LogP contribution in [0.1, 0.15) is 41.0 Å². The van der Waals surface area contributed by atoms with Crippen molar-refractivity contribution in [2.45, 2.75) is 20.3 Å². The van der Waals surface area contributed by atoms with Gasteiger partial charge in [-0.05, 0) is 85.2 Å². The predicted molar refractivity (Wildman–Crippen MR) is 144 cm³/mol. The molecule has 0 radical (unpaired) electrons. The van der Waals surface area contributed by atoms with Gasteiger partial charge in [0.05, 0.1) is 12.2 Å². The minimum absolute atomic E-state index is 0.0687. The lowest BCUT2D eigenvalue weighted by Gasteiger charge is -2.14. The van der Waals surface area contributed by atoms with Gasteiger partial charge in [-0.3, -0.25) is 14.9 Å². The second kappa shape index (κ2) is 12.4. The minimum Gasteiger partial charge on any atom is -0.493 e. The number of hydrogen-bond acceptors (Lipinski definition) is 4. The third-order valence-corrected chi connectivity index (χ3v) is 5.55. The van der Waals surface area contributed by atoms with E-state index in [4.69, 9.17) is 17.0 Å². The minimum atomic E-state index is -0.423. The van der Waals surface area contributed by atoms with Gasteiger partial charge >= 0.3 is 0 Å². The van der Waals surface area contributed by atoms with Gasteiger partial charge in [-0.25, -0.2) is 4.39 Å². The molecule has 3 aromatic rings. The summed E-state index contributed by atoms with van der Waals surface area (Å²) in [6.45, 7) is 4.70. The molecule has 3 aromatic carbocycles. The Balaban J connectivity index is 1.63. The molecule has 0 unspecified atom stereocenters. The standard InChI is InChI=1S/C26H25BrFN3O3S/c1-16(2)12-13-34-23-11-6-18(27)15-22(23)25(33)31-26(35)30-21-5-3-4-17(14-21)24(32)29-20-9-7-19(28)8-10-20/h3-11,14-16H,12-13H2,1-2H3,(H,29,32)(H2,30,31,33,35). The van der Waals surface area contributed by atoms with Crippen LogP contribution in [0, 0.1) is 11.7 Å². The van der Waals surface area contributed by atoms with Gasteiger partial charge in [-0.15, -0.1) is 0 Å². The van der Waals surface area contributed by atoms with Crippen LogP contribution in [-0.2, 0) is 0 Å². The Morgan fingerprint density at radius 3 is 2.43 bits per heavy atom. The number of thiocarbonyl (C=S) groups is 1. The molecule has 0 fully saturated rings. The molecule has 0 aliphatic rings. The average molecular weight is 558 g/mol. The van der Waals surface area contributed by atoms with Crippen LogP contribution in [0.2, 0.25) is 0 Å². The first kappa shape index (κ1) is 26.3. The highest BCUT2D eigenvalue weighted by Gasteiger charge is 2.16. The second-order valence-corrected chi connectivity index (χ2v) is 9.45. The van der Waals surface area contributed by atoms with Gasteiger partial charge in [0.1, 0.15) is 11.6 Å². The Labute approximate surface area is 217 Å². The molecule has 9 heteroatoms. The van der Waals surface area contributed by atoms with Crippen LogP contribution in [0.25, 0.3) is 0 Å².